The fraction of sp³-hybridized carbons (Fsp3) is 0.429. The standard InChI is InChI=1S/C7H11N5O/c1-3-2-9-5-4(10-3)6(13)12-7(8)11-5/h3,10H,2H2,1H3,(H4,8,9,11,12,13)/t3-/m1/s1. The molecule has 1 aliphatic rings. The molecule has 2 rings (SSSR count). The summed E-state index contributed by atoms with van der Waals surface area (Å²) in [7, 11) is 0. The number of nitrogens with one attached hydrogen (secondary N) is 3. The van der Waals surface area contributed by atoms with Gasteiger partial charge >= 0.3 is 0 Å². The molecule has 0 unspecified atom stereocenters. The molecule has 5 N–H and O–H groups in total. The highest BCUT2D eigenvalue weighted by Crippen LogP contribution is 2.18. The minimum Gasteiger partial charge on any atom is -0.373 e. The van der Waals surface area contributed by atoms with Crippen molar-refractivity contribution in [1.82, 2.24) is 9.97 Å². The molecule has 70 valence electrons. The number of nitrogens with two attached hydrogens (primary N) is 1. The van der Waals surface area contributed by atoms with Crippen LogP contribution in [0.25, 0.3) is 0 Å². The maximum Gasteiger partial charge on any atom is 0.277 e. The van der Waals surface area contributed by atoms with E-state index in [0.717, 1.165) is 6.54 Å². The molecule has 0 bridgehead atoms. The summed E-state index contributed by atoms with van der Waals surface area (Å²) in [5, 5.41) is 6.05. The van der Waals surface area contributed by atoms with Crippen LogP contribution in [-0.2, 0) is 0 Å². The molecule has 1 atom stereocenters. The van der Waals surface area contributed by atoms with E-state index in [9.17, 15) is 4.79 Å². The molecule has 1 aliphatic heterocycles. The third-order valence-corrected chi connectivity index (χ3v) is 1.90. The second-order valence-corrected chi connectivity index (χ2v) is 3.10. The lowest BCUT2D eigenvalue weighted by Crippen LogP contribution is -2.35. The number of rotatable bonds is 0. The Morgan fingerprint density at radius 1 is 1.62 bits per heavy atom. The molecule has 0 radical (unpaired) electrons. The van der Waals surface area contributed by atoms with Gasteiger partial charge < -0.3 is 16.4 Å². The molecular formula is C7H11N5O. The van der Waals surface area contributed by atoms with Crippen molar-refractivity contribution in [3.05, 3.63) is 10.4 Å². The Bertz CT molecular complexity index is 385. The van der Waals surface area contributed by atoms with E-state index in [-0.39, 0.29) is 17.5 Å². The van der Waals surface area contributed by atoms with Crippen LogP contribution < -0.4 is 21.9 Å². The summed E-state index contributed by atoms with van der Waals surface area (Å²) in [6.07, 6.45) is 0. The number of fused-ring (bicyclic) bond motifs is 1. The van der Waals surface area contributed by atoms with Crippen molar-refractivity contribution in [1.29, 1.82) is 0 Å². The lowest BCUT2D eigenvalue weighted by atomic mass is 10.2. The summed E-state index contributed by atoms with van der Waals surface area (Å²) in [6.45, 7) is 2.72. The Hall–Kier alpha value is -1.72. The minimum absolute atomic E-state index is 0.132. The van der Waals surface area contributed by atoms with Crippen molar-refractivity contribution in [2.75, 3.05) is 22.9 Å². The molecule has 0 saturated carbocycles. The number of H-pyrrole nitrogens is 1. The van der Waals surface area contributed by atoms with Gasteiger partial charge in [-0.3, -0.25) is 9.78 Å². The molecule has 6 heteroatoms. The number of nitrogens with zero attached hydrogens (tertiary/aromatic N) is 1. The van der Waals surface area contributed by atoms with E-state index in [4.69, 9.17) is 5.73 Å². The topological polar surface area (TPSA) is 95.8 Å². The number of anilines is 3. The van der Waals surface area contributed by atoms with Crippen LogP contribution in [0.3, 0.4) is 0 Å². The highest BCUT2D eigenvalue weighted by Gasteiger charge is 2.17. The fourth-order valence-corrected chi connectivity index (χ4v) is 1.30. The third kappa shape index (κ3) is 1.30. The van der Waals surface area contributed by atoms with Crippen molar-refractivity contribution in [2.45, 2.75) is 13.0 Å². The number of aromatic amines is 1. The van der Waals surface area contributed by atoms with Crippen molar-refractivity contribution in [2.24, 2.45) is 0 Å². The normalized spacial score (nSPS) is 19.9. The van der Waals surface area contributed by atoms with E-state index >= 15 is 0 Å². The molecule has 0 fully saturated rings. The van der Waals surface area contributed by atoms with Gasteiger partial charge in [0, 0.05) is 12.6 Å². The zero-order valence-corrected chi connectivity index (χ0v) is 7.22. The van der Waals surface area contributed by atoms with Gasteiger partial charge in [-0.05, 0) is 6.92 Å². The highest BCUT2D eigenvalue weighted by atomic mass is 16.1. The van der Waals surface area contributed by atoms with Crippen molar-refractivity contribution in [3.8, 4) is 0 Å². The van der Waals surface area contributed by atoms with E-state index in [0.29, 0.717) is 11.5 Å². The van der Waals surface area contributed by atoms with Crippen molar-refractivity contribution in [3.63, 3.8) is 0 Å². The SMILES string of the molecule is C[C@@H]1CNc2nc(N)[nH]c(=O)c2N1. The molecule has 1 aromatic heterocycles. The summed E-state index contributed by atoms with van der Waals surface area (Å²) in [6, 6.07) is 0.221. The molecule has 0 spiro atoms. The van der Waals surface area contributed by atoms with Gasteiger partial charge in [-0.25, -0.2) is 0 Å². The Kier molecular flexibility index (Phi) is 1.61. The van der Waals surface area contributed by atoms with Gasteiger partial charge in [0.2, 0.25) is 5.95 Å². The number of nitrogen functional groups attached to an aromatic ring is 1. The van der Waals surface area contributed by atoms with Crippen LogP contribution in [0.5, 0.6) is 0 Å². The monoisotopic (exact) mass is 181 g/mol. The van der Waals surface area contributed by atoms with Gasteiger partial charge in [-0.1, -0.05) is 0 Å². The summed E-state index contributed by atoms with van der Waals surface area (Å²) < 4.78 is 0. The average molecular weight is 181 g/mol. The first-order chi connectivity index (χ1) is 6.16. The lowest BCUT2D eigenvalue weighted by molar-refractivity contribution is 0.803. The maximum absolute atomic E-state index is 11.4. The summed E-state index contributed by atoms with van der Waals surface area (Å²) in [5.74, 6) is 0.659. The first-order valence-corrected chi connectivity index (χ1v) is 4.07. The first kappa shape index (κ1) is 7.90. The summed E-state index contributed by atoms with van der Waals surface area (Å²) in [5.41, 5.74) is 5.61. The molecular weight excluding hydrogens is 170 g/mol. The van der Waals surface area contributed by atoms with E-state index in [1.54, 1.807) is 0 Å². The van der Waals surface area contributed by atoms with Crippen LogP contribution in [0.15, 0.2) is 4.79 Å². The van der Waals surface area contributed by atoms with Crippen molar-refractivity contribution < 1.29 is 0 Å². The first-order valence-electron chi connectivity index (χ1n) is 4.07. The van der Waals surface area contributed by atoms with E-state index in [2.05, 4.69) is 20.6 Å². The molecule has 0 aliphatic carbocycles. The summed E-state index contributed by atoms with van der Waals surface area (Å²) >= 11 is 0. The van der Waals surface area contributed by atoms with Crippen molar-refractivity contribution >= 4 is 17.5 Å². The Morgan fingerprint density at radius 2 is 2.38 bits per heavy atom. The third-order valence-electron chi connectivity index (χ3n) is 1.90. The van der Waals surface area contributed by atoms with E-state index in [1.165, 1.54) is 0 Å². The average Bonchev–Trinajstić information content (AvgIpc) is 2.06. The smallest absolute Gasteiger partial charge is 0.277 e. The van der Waals surface area contributed by atoms with E-state index in [1.807, 2.05) is 6.92 Å². The second-order valence-electron chi connectivity index (χ2n) is 3.10. The highest BCUT2D eigenvalue weighted by molar-refractivity contribution is 5.66. The van der Waals surface area contributed by atoms with Crippen LogP contribution in [0.2, 0.25) is 0 Å². The van der Waals surface area contributed by atoms with Crippen LogP contribution in [0, 0.1) is 0 Å². The number of hydrogen-bond acceptors (Lipinski definition) is 5. The number of hydrogen-bond donors (Lipinski definition) is 4. The van der Waals surface area contributed by atoms with Gasteiger partial charge in [0.15, 0.2) is 5.82 Å². The van der Waals surface area contributed by atoms with Crippen LogP contribution in [-0.4, -0.2) is 22.6 Å². The molecule has 2 heterocycles. The van der Waals surface area contributed by atoms with Gasteiger partial charge in [0.05, 0.1) is 0 Å². The maximum atomic E-state index is 11.4. The predicted octanol–water partition coefficient (Wildman–Crippen LogP) is -0.422. The molecule has 0 aromatic carbocycles. The number of aromatic nitrogens is 2. The Balaban J connectivity index is 2.53. The van der Waals surface area contributed by atoms with Gasteiger partial charge in [0.25, 0.3) is 5.56 Å². The summed E-state index contributed by atoms with van der Waals surface area (Å²) in [4.78, 5) is 17.7. The molecule has 0 amide bonds. The largest absolute Gasteiger partial charge is 0.373 e. The molecule has 0 saturated heterocycles. The molecule has 6 nitrogen and oxygen atoms in total. The molecule has 1 aromatic rings. The Labute approximate surface area is 74.6 Å². The second kappa shape index (κ2) is 2.65. The minimum atomic E-state index is -0.235. The predicted molar refractivity (Wildman–Crippen MR) is 50.8 cm³/mol. The van der Waals surface area contributed by atoms with Crippen LogP contribution in [0.1, 0.15) is 6.92 Å². The van der Waals surface area contributed by atoms with Gasteiger partial charge in [-0.15, -0.1) is 0 Å². The zero-order chi connectivity index (χ0) is 9.42. The lowest BCUT2D eigenvalue weighted by Gasteiger charge is -2.23. The van der Waals surface area contributed by atoms with Gasteiger partial charge in [-0.2, -0.15) is 4.98 Å². The quantitative estimate of drug-likeness (QED) is 0.436. The van der Waals surface area contributed by atoms with E-state index < -0.39 is 0 Å². The van der Waals surface area contributed by atoms with Gasteiger partial charge in [0.1, 0.15) is 5.69 Å². The molecule has 13 heavy (non-hydrogen) atoms. The van der Waals surface area contributed by atoms with Crippen LogP contribution in [0.4, 0.5) is 17.5 Å². The zero-order valence-electron chi connectivity index (χ0n) is 7.22. The fourth-order valence-electron chi connectivity index (χ4n) is 1.30. The Morgan fingerprint density at radius 3 is 3.15 bits per heavy atom. The van der Waals surface area contributed by atoms with Crippen LogP contribution >= 0.6 is 0 Å².